The Bertz CT molecular complexity index is 1740. The quantitative estimate of drug-likeness (QED) is 0.126. The molecule has 39 heavy (non-hydrogen) atoms. The molecule has 2 heterocycles. The van der Waals surface area contributed by atoms with E-state index in [1.807, 2.05) is 48.5 Å². The van der Waals surface area contributed by atoms with Crippen molar-refractivity contribution in [1.82, 2.24) is 14.5 Å². The fourth-order valence-corrected chi connectivity index (χ4v) is 4.22. The molecule has 0 fully saturated rings. The minimum absolute atomic E-state index is 0.0886. The fraction of sp³-hybridized carbons (Fsp3) is 0.103. The van der Waals surface area contributed by atoms with E-state index >= 15 is 0 Å². The Hall–Kier alpha value is -5.38. The second-order valence-electron chi connectivity index (χ2n) is 8.58. The fourth-order valence-electron chi connectivity index (χ4n) is 4.22. The van der Waals surface area contributed by atoms with Gasteiger partial charge in [0, 0.05) is 18.2 Å². The summed E-state index contributed by atoms with van der Waals surface area (Å²) in [5.41, 5.74) is 3.35. The van der Waals surface area contributed by atoms with Crippen molar-refractivity contribution < 1.29 is 19.2 Å². The molecule has 0 aliphatic heterocycles. The third-order valence-electron chi connectivity index (χ3n) is 5.96. The number of hydrogen-bond acceptors (Lipinski definition) is 7. The smallest absolute Gasteiger partial charge is 0.344 e. The average molecular weight is 522 g/mol. The Balaban J connectivity index is 1.63. The molecular formula is C29H23N5O5. The van der Waals surface area contributed by atoms with Gasteiger partial charge in [-0.15, -0.1) is 0 Å². The molecule has 1 N–H and O–H groups in total. The Morgan fingerprint density at radius 1 is 1.00 bits per heavy atom. The number of non-ortho nitro benzene ring substituents is 1. The van der Waals surface area contributed by atoms with Gasteiger partial charge in [-0.05, 0) is 36.3 Å². The van der Waals surface area contributed by atoms with Crippen LogP contribution < -0.4 is 5.32 Å². The number of benzene rings is 3. The molecule has 0 aliphatic rings. The van der Waals surface area contributed by atoms with Crippen LogP contribution >= 0.6 is 0 Å². The van der Waals surface area contributed by atoms with Crippen molar-refractivity contribution >= 4 is 51.7 Å². The van der Waals surface area contributed by atoms with Crippen LogP contribution in [0.1, 0.15) is 28.4 Å². The summed E-state index contributed by atoms with van der Waals surface area (Å²) in [6, 6.07) is 22.8. The Morgan fingerprint density at radius 3 is 2.44 bits per heavy atom. The Labute approximate surface area is 222 Å². The summed E-state index contributed by atoms with van der Waals surface area (Å²) in [5, 5.41) is 13.9. The van der Waals surface area contributed by atoms with Gasteiger partial charge in [0.15, 0.2) is 5.65 Å². The summed E-state index contributed by atoms with van der Waals surface area (Å²) < 4.78 is 7.08. The highest BCUT2D eigenvalue weighted by molar-refractivity contribution is 6.13. The molecule has 5 aromatic rings. The van der Waals surface area contributed by atoms with Gasteiger partial charge >= 0.3 is 5.97 Å². The second-order valence-corrected chi connectivity index (χ2v) is 8.58. The molecule has 3 aromatic carbocycles. The van der Waals surface area contributed by atoms with Crippen molar-refractivity contribution in [2.24, 2.45) is 0 Å². The van der Waals surface area contributed by atoms with Gasteiger partial charge < -0.3 is 14.6 Å². The van der Waals surface area contributed by atoms with E-state index in [-0.39, 0.29) is 23.7 Å². The van der Waals surface area contributed by atoms with Gasteiger partial charge in [-0.2, -0.15) is 0 Å². The maximum absolute atomic E-state index is 13.2. The summed E-state index contributed by atoms with van der Waals surface area (Å²) in [7, 11) is 0. The summed E-state index contributed by atoms with van der Waals surface area (Å²) in [4.78, 5) is 46.4. The number of nitrogens with zero attached hydrogens (tertiary/aromatic N) is 4. The van der Waals surface area contributed by atoms with Crippen molar-refractivity contribution in [3.8, 4) is 0 Å². The summed E-state index contributed by atoms with van der Waals surface area (Å²) in [6.07, 6.45) is 2.71. The first-order valence-electron chi connectivity index (χ1n) is 12.2. The minimum Gasteiger partial charge on any atom is -0.462 e. The van der Waals surface area contributed by atoms with Crippen LogP contribution in [0.4, 0.5) is 11.5 Å². The molecule has 194 valence electrons. The lowest BCUT2D eigenvalue weighted by Gasteiger charge is -2.12. The van der Waals surface area contributed by atoms with E-state index in [1.165, 1.54) is 30.4 Å². The molecule has 10 heteroatoms. The topological polar surface area (TPSA) is 129 Å². The molecule has 0 bridgehead atoms. The number of esters is 1. The highest BCUT2D eigenvalue weighted by Crippen LogP contribution is 2.31. The molecule has 10 nitrogen and oxygen atoms in total. The summed E-state index contributed by atoms with van der Waals surface area (Å²) in [6.45, 7) is 2.13. The maximum Gasteiger partial charge on any atom is 0.344 e. The summed E-state index contributed by atoms with van der Waals surface area (Å²) >= 11 is 0. The molecule has 0 spiro atoms. The van der Waals surface area contributed by atoms with Crippen LogP contribution in [0.5, 0.6) is 0 Å². The maximum atomic E-state index is 13.2. The van der Waals surface area contributed by atoms with Crippen LogP contribution in [0.15, 0.2) is 84.9 Å². The summed E-state index contributed by atoms with van der Waals surface area (Å²) in [5.74, 6) is -0.998. The monoisotopic (exact) mass is 521 g/mol. The third kappa shape index (κ3) is 5.35. The lowest BCUT2D eigenvalue weighted by atomic mass is 10.2. The lowest BCUT2D eigenvalue weighted by Crippen LogP contribution is -2.17. The van der Waals surface area contributed by atoms with Gasteiger partial charge in [-0.1, -0.05) is 54.6 Å². The molecule has 0 unspecified atom stereocenters. The van der Waals surface area contributed by atoms with E-state index in [9.17, 15) is 19.7 Å². The van der Waals surface area contributed by atoms with Crippen molar-refractivity contribution in [1.29, 1.82) is 0 Å². The highest BCUT2D eigenvalue weighted by Gasteiger charge is 2.27. The van der Waals surface area contributed by atoms with Crippen molar-refractivity contribution in [3.05, 3.63) is 112 Å². The predicted molar refractivity (Wildman–Crippen MR) is 147 cm³/mol. The number of nitro groups is 1. The van der Waals surface area contributed by atoms with Gasteiger partial charge in [0.2, 0.25) is 5.91 Å². The zero-order chi connectivity index (χ0) is 27.4. The number of carbonyl (C=O) groups excluding carboxylic acids is 2. The van der Waals surface area contributed by atoms with E-state index in [1.54, 1.807) is 23.6 Å². The number of hydrogen-bond donors (Lipinski definition) is 1. The number of nitro benzene ring substituents is 1. The minimum atomic E-state index is -0.642. The van der Waals surface area contributed by atoms with Crippen LogP contribution in [-0.4, -0.2) is 37.9 Å². The van der Waals surface area contributed by atoms with E-state index in [4.69, 9.17) is 14.7 Å². The zero-order valence-electron chi connectivity index (χ0n) is 20.9. The Morgan fingerprint density at radius 2 is 1.72 bits per heavy atom. The number of amides is 1. The lowest BCUT2D eigenvalue weighted by molar-refractivity contribution is -0.384. The van der Waals surface area contributed by atoms with E-state index in [0.29, 0.717) is 34.3 Å². The van der Waals surface area contributed by atoms with Crippen LogP contribution in [0, 0.1) is 10.1 Å². The van der Waals surface area contributed by atoms with Gasteiger partial charge in [0.05, 0.1) is 29.1 Å². The number of rotatable bonds is 8. The first-order valence-corrected chi connectivity index (χ1v) is 12.2. The van der Waals surface area contributed by atoms with Crippen LogP contribution in [0.3, 0.4) is 0 Å². The second kappa shape index (κ2) is 10.9. The highest BCUT2D eigenvalue weighted by atomic mass is 16.6. The van der Waals surface area contributed by atoms with Gasteiger partial charge in [0.25, 0.3) is 5.69 Å². The van der Waals surface area contributed by atoms with Gasteiger partial charge in [0.1, 0.15) is 16.9 Å². The molecule has 0 saturated heterocycles. The molecule has 5 rings (SSSR count). The number of anilines is 1. The largest absolute Gasteiger partial charge is 0.462 e. The molecule has 1 amide bonds. The number of aromatic nitrogens is 3. The Kier molecular flexibility index (Phi) is 7.09. The molecular weight excluding hydrogens is 498 g/mol. The predicted octanol–water partition coefficient (Wildman–Crippen LogP) is 5.37. The standard InChI is InChI=1S/C29H23N5O5/c1-2-39-29(36)25-26-28(31-23-14-7-6-13-22(23)30-26)33(18-20-9-4-3-5-10-20)27(25)32-24(35)16-15-19-11-8-12-21(17-19)34(37)38/h3-17H,2,18H2,1H3,(H,32,35). The van der Waals surface area contributed by atoms with Gasteiger partial charge in [-0.25, -0.2) is 14.8 Å². The van der Waals surface area contributed by atoms with Crippen molar-refractivity contribution in [2.45, 2.75) is 13.5 Å². The van der Waals surface area contributed by atoms with Gasteiger partial charge in [-0.3, -0.25) is 14.9 Å². The van der Waals surface area contributed by atoms with Crippen LogP contribution in [0.25, 0.3) is 28.3 Å². The molecule has 0 radical (unpaired) electrons. The number of fused-ring (bicyclic) bond motifs is 2. The zero-order valence-corrected chi connectivity index (χ0v) is 20.9. The average Bonchev–Trinajstić information content (AvgIpc) is 3.23. The normalized spacial score (nSPS) is 11.2. The first-order chi connectivity index (χ1) is 18.9. The van der Waals surface area contributed by atoms with E-state index < -0.39 is 16.8 Å². The first kappa shape index (κ1) is 25.3. The van der Waals surface area contributed by atoms with Crippen molar-refractivity contribution in [3.63, 3.8) is 0 Å². The third-order valence-corrected chi connectivity index (χ3v) is 5.96. The number of nitrogens with one attached hydrogen (secondary N) is 1. The number of para-hydroxylation sites is 2. The molecule has 0 aliphatic carbocycles. The number of ether oxygens (including phenoxy) is 1. The van der Waals surface area contributed by atoms with Crippen LogP contribution in [-0.2, 0) is 16.1 Å². The SMILES string of the molecule is CCOC(=O)c1c(NC(=O)C=Cc2cccc([N+](=O)[O-])c2)n(Cc2ccccc2)c2nc3ccccc3nc12. The molecule has 0 atom stereocenters. The molecule has 2 aromatic heterocycles. The van der Waals surface area contributed by atoms with E-state index in [0.717, 1.165) is 5.56 Å². The van der Waals surface area contributed by atoms with Crippen molar-refractivity contribution in [2.75, 3.05) is 11.9 Å². The van der Waals surface area contributed by atoms with E-state index in [2.05, 4.69) is 5.32 Å². The molecule has 0 saturated carbocycles. The van der Waals surface area contributed by atoms with Crippen LogP contribution in [0.2, 0.25) is 0 Å². The number of carbonyl (C=O) groups is 2.